The summed E-state index contributed by atoms with van der Waals surface area (Å²) in [6, 6.07) is 0. The SMILES string of the molecule is CCCCCCCCCC(CO)CCCCCCCC(=O)OCC(COC(=O)CCCCCCCC(CO)CCCCCCCCC)OC(=O)CCCCCCCC(CO)CCCCCCCCC. The minimum Gasteiger partial charge on any atom is -0.462 e. The van der Waals surface area contributed by atoms with Crippen LogP contribution in [0.3, 0.4) is 0 Å². The highest BCUT2D eigenvalue weighted by Crippen LogP contribution is 2.22. The quantitative estimate of drug-likeness (QED) is 0.0309. The normalized spacial score (nSPS) is 13.3. The average molecular weight is 982 g/mol. The molecule has 0 aromatic heterocycles. The average Bonchev–Trinajstić information content (AvgIpc) is 3.35. The van der Waals surface area contributed by atoms with Gasteiger partial charge in [-0.15, -0.1) is 0 Å². The minimum atomic E-state index is -0.835. The summed E-state index contributed by atoms with van der Waals surface area (Å²) in [5.74, 6) is 0.180. The fourth-order valence-corrected chi connectivity index (χ4v) is 9.73. The molecule has 0 heterocycles. The van der Waals surface area contributed by atoms with Crippen LogP contribution in [-0.2, 0) is 28.6 Å². The molecular formula is C60H116O9. The van der Waals surface area contributed by atoms with E-state index in [0.29, 0.717) is 37.0 Å². The molecule has 0 radical (unpaired) electrons. The van der Waals surface area contributed by atoms with E-state index in [9.17, 15) is 29.7 Å². The van der Waals surface area contributed by atoms with Crippen molar-refractivity contribution >= 4 is 17.9 Å². The number of aliphatic hydroxyl groups is 3. The summed E-state index contributed by atoms with van der Waals surface area (Å²) in [7, 11) is 0. The first-order chi connectivity index (χ1) is 33.8. The summed E-state index contributed by atoms with van der Waals surface area (Å²) in [6.45, 7) is 7.31. The number of ether oxygens (including phenoxy) is 3. The molecule has 0 saturated carbocycles. The van der Waals surface area contributed by atoms with E-state index in [4.69, 9.17) is 14.2 Å². The van der Waals surface area contributed by atoms with Crippen molar-refractivity contribution in [1.29, 1.82) is 0 Å². The van der Waals surface area contributed by atoms with Crippen LogP contribution in [0.1, 0.15) is 310 Å². The van der Waals surface area contributed by atoms with E-state index in [1.807, 2.05) is 0 Å². The molecule has 0 aliphatic rings. The molecule has 0 aliphatic carbocycles. The van der Waals surface area contributed by atoms with Gasteiger partial charge in [-0.1, -0.05) is 233 Å². The number of aliphatic hydroxyl groups excluding tert-OH is 3. The van der Waals surface area contributed by atoms with E-state index in [0.717, 1.165) is 128 Å². The Balaban J connectivity index is 4.62. The number of hydrogen-bond acceptors (Lipinski definition) is 9. The summed E-state index contributed by atoms with van der Waals surface area (Å²) in [4.78, 5) is 38.4. The van der Waals surface area contributed by atoms with Gasteiger partial charge >= 0.3 is 17.9 Å². The molecule has 3 atom stereocenters. The Morgan fingerprint density at radius 2 is 0.522 bits per heavy atom. The van der Waals surface area contributed by atoms with Crippen molar-refractivity contribution in [2.45, 2.75) is 316 Å². The number of carbonyl (C=O) groups excluding carboxylic acids is 3. The van der Waals surface area contributed by atoms with E-state index in [1.54, 1.807) is 0 Å². The van der Waals surface area contributed by atoms with Crippen molar-refractivity contribution < 1.29 is 43.9 Å². The summed E-state index contributed by atoms with van der Waals surface area (Å²) in [6.07, 6.45) is 48.5. The number of esters is 3. The maximum absolute atomic E-state index is 12.9. The lowest BCUT2D eigenvalue weighted by atomic mass is 9.95. The minimum absolute atomic E-state index is 0.127. The zero-order valence-electron chi connectivity index (χ0n) is 46.0. The van der Waals surface area contributed by atoms with Crippen molar-refractivity contribution in [3.8, 4) is 0 Å². The third-order valence-corrected chi connectivity index (χ3v) is 14.6. The van der Waals surface area contributed by atoms with Gasteiger partial charge < -0.3 is 29.5 Å². The lowest BCUT2D eigenvalue weighted by Crippen LogP contribution is -2.30. The van der Waals surface area contributed by atoms with Gasteiger partial charge in [-0.3, -0.25) is 14.4 Å². The molecule has 0 rings (SSSR count). The van der Waals surface area contributed by atoms with Crippen LogP contribution in [0.25, 0.3) is 0 Å². The molecule has 9 heteroatoms. The van der Waals surface area contributed by atoms with E-state index < -0.39 is 6.10 Å². The Bertz CT molecular complexity index is 1030. The molecule has 3 N–H and O–H groups in total. The van der Waals surface area contributed by atoms with Gasteiger partial charge in [0.05, 0.1) is 0 Å². The molecule has 0 aromatic rings. The van der Waals surface area contributed by atoms with Crippen molar-refractivity contribution in [2.24, 2.45) is 17.8 Å². The summed E-state index contributed by atoms with van der Waals surface area (Å²) >= 11 is 0. The lowest BCUT2D eigenvalue weighted by Gasteiger charge is -2.18. The maximum atomic E-state index is 12.9. The van der Waals surface area contributed by atoms with Gasteiger partial charge in [0.25, 0.3) is 0 Å². The molecule has 0 aromatic carbocycles. The Kier molecular flexibility index (Phi) is 52.7. The van der Waals surface area contributed by atoms with Crippen LogP contribution in [0.5, 0.6) is 0 Å². The first-order valence-electron chi connectivity index (χ1n) is 30.2. The molecular weight excluding hydrogens is 865 g/mol. The molecule has 0 bridgehead atoms. The Morgan fingerprint density at radius 1 is 0.304 bits per heavy atom. The maximum Gasteiger partial charge on any atom is 0.306 e. The molecule has 410 valence electrons. The van der Waals surface area contributed by atoms with Crippen LogP contribution in [0.15, 0.2) is 0 Å². The second-order valence-electron chi connectivity index (χ2n) is 21.3. The summed E-state index contributed by atoms with van der Waals surface area (Å²) in [5.41, 5.74) is 0. The first-order valence-corrected chi connectivity index (χ1v) is 30.2. The zero-order valence-corrected chi connectivity index (χ0v) is 46.0. The second kappa shape index (κ2) is 54.1. The summed E-state index contributed by atoms with van der Waals surface area (Å²) in [5, 5.41) is 29.6. The van der Waals surface area contributed by atoms with E-state index in [-0.39, 0.29) is 57.4 Å². The van der Waals surface area contributed by atoms with Crippen LogP contribution in [-0.4, -0.2) is 72.4 Å². The third kappa shape index (κ3) is 48.3. The van der Waals surface area contributed by atoms with Crippen molar-refractivity contribution in [3.05, 3.63) is 0 Å². The standard InChI is InChI=1S/C60H116O9/c1-4-7-10-13-16-22-31-40-54(49-61)43-34-25-19-28-37-46-58(64)67-52-57(69-60(66)48-39-30-21-27-36-45-56(51-63)42-33-24-18-15-12-9-6-3)53-68-59(65)47-38-29-20-26-35-44-55(50-62)41-32-23-17-14-11-8-5-2/h54-57,61-63H,4-53H2,1-3H3. The van der Waals surface area contributed by atoms with Gasteiger partial charge in [0.15, 0.2) is 6.10 Å². The molecule has 0 saturated heterocycles. The Labute approximate surface area is 426 Å². The highest BCUT2D eigenvalue weighted by atomic mass is 16.6. The van der Waals surface area contributed by atoms with Crippen LogP contribution < -0.4 is 0 Å². The predicted molar refractivity (Wildman–Crippen MR) is 288 cm³/mol. The van der Waals surface area contributed by atoms with Crippen molar-refractivity contribution in [3.63, 3.8) is 0 Å². The number of hydrogen-bond donors (Lipinski definition) is 3. The van der Waals surface area contributed by atoms with E-state index in [2.05, 4.69) is 20.8 Å². The van der Waals surface area contributed by atoms with Gasteiger partial charge in [0, 0.05) is 39.1 Å². The van der Waals surface area contributed by atoms with Crippen LogP contribution >= 0.6 is 0 Å². The number of rotatable bonds is 56. The van der Waals surface area contributed by atoms with E-state index >= 15 is 0 Å². The van der Waals surface area contributed by atoms with Crippen molar-refractivity contribution in [1.82, 2.24) is 0 Å². The molecule has 9 nitrogen and oxygen atoms in total. The van der Waals surface area contributed by atoms with Crippen LogP contribution in [0.2, 0.25) is 0 Å². The first kappa shape index (κ1) is 67.3. The number of carbonyl (C=O) groups is 3. The van der Waals surface area contributed by atoms with Gasteiger partial charge in [-0.25, -0.2) is 0 Å². The second-order valence-corrected chi connectivity index (χ2v) is 21.3. The smallest absolute Gasteiger partial charge is 0.306 e. The fraction of sp³-hybridized carbons (Fsp3) is 0.950. The largest absolute Gasteiger partial charge is 0.462 e. The Morgan fingerprint density at radius 3 is 0.768 bits per heavy atom. The molecule has 0 fully saturated rings. The van der Waals surface area contributed by atoms with E-state index in [1.165, 1.54) is 135 Å². The topological polar surface area (TPSA) is 140 Å². The zero-order chi connectivity index (χ0) is 50.5. The molecule has 3 unspecified atom stereocenters. The lowest BCUT2D eigenvalue weighted by molar-refractivity contribution is -0.167. The highest BCUT2D eigenvalue weighted by Gasteiger charge is 2.20. The van der Waals surface area contributed by atoms with Gasteiger partial charge in [0.2, 0.25) is 0 Å². The van der Waals surface area contributed by atoms with Gasteiger partial charge in [-0.2, -0.15) is 0 Å². The summed E-state index contributed by atoms with van der Waals surface area (Å²) < 4.78 is 16.9. The van der Waals surface area contributed by atoms with Crippen molar-refractivity contribution in [2.75, 3.05) is 33.0 Å². The van der Waals surface area contributed by atoms with Gasteiger partial charge in [0.1, 0.15) is 13.2 Å². The third-order valence-electron chi connectivity index (χ3n) is 14.6. The molecule has 0 aliphatic heterocycles. The van der Waals surface area contributed by atoms with Crippen LogP contribution in [0, 0.1) is 17.8 Å². The fourth-order valence-electron chi connectivity index (χ4n) is 9.73. The molecule has 0 spiro atoms. The Hall–Kier alpha value is -1.71. The molecule has 0 amide bonds. The van der Waals surface area contributed by atoms with Crippen LogP contribution in [0.4, 0.5) is 0 Å². The predicted octanol–water partition coefficient (Wildman–Crippen LogP) is 16.4. The van der Waals surface area contributed by atoms with Gasteiger partial charge in [-0.05, 0) is 75.5 Å². The number of unbranched alkanes of at least 4 members (excludes halogenated alkanes) is 30. The molecule has 69 heavy (non-hydrogen) atoms. The monoisotopic (exact) mass is 981 g/mol. The highest BCUT2D eigenvalue weighted by molar-refractivity contribution is 5.71.